The Hall–Kier alpha value is -1.00. The van der Waals surface area contributed by atoms with Crippen molar-refractivity contribution in [3.05, 3.63) is 24.0 Å². The van der Waals surface area contributed by atoms with Crippen LogP contribution < -0.4 is 10.1 Å². The summed E-state index contributed by atoms with van der Waals surface area (Å²) in [6.07, 6.45) is 0.417. The SMILES string of the molecule is COc1ccc(NC(=O)C2CC2(Cl)Cl)cc1F. The highest BCUT2D eigenvalue weighted by atomic mass is 35.5. The number of halogens is 3. The molecule has 1 aromatic rings. The summed E-state index contributed by atoms with van der Waals surface area (Å²) in [5.41, 5.74) is 0.351. The Labute approximate surface area is 108 Å². The molecule has 17 heavy (non-hydrogen) atoms. The molecule has 0 heterocycles. The normalized spacial score (nSPS) is 20.8. The van der Waals surface area contributed by atoms with Gasteiger partial charge in [0.25, 0.3) is 0 Å². The first-order chi connectivity index (χ1) is 7.94. The minimum Gasteiger partial charge on any atom is -0.494 e. The number of carbonyl (C=O) groups is 1. The van der Waals surface area contributed by atoms with Gasteiger partial charge in [0, 0.05) is 11.8 Å². The smallest absolute Gasteiger partial charge is 0.230 e. The van der Waals surface area contributed by atoms with E-state index in [1.807, 2.05) is 0 Å². The highest BCUT2D eigenvalue weighted by Crippen LogP contribution is 2.53. The predicted octanol–water partition coefficient (Wildman–Crippen LogP) is 2.97. The van der Waals surface area contributed by atoms with E-state index >= 15 is 0 Å². The van der Waals surface area contributed by atoms with E-state index in [4.69, 9.17) is 27.9 Å². The fraction of sp³-hybridized carbons (Fsp3) is 0.364. The molecule has 1 aliphatic rings. The third-order valence-electron chi connectivity index (χ3n) is 2.56. The van der Waals surface area contributed by atoms with Crippen molar-refractivity contribution in [3.8, 4) is 5.75 Å². The van der Waals surface area contributed by atoms with Crippen LogP contribution in [0.25, 0.3) is 0 Å². The van der Waals surface area contributed by atoms with E-state index in [-0.39, 0.29) is 11.7 Å². The lowest BCUT2D eigenvalue weighted by Gasteiger charge is -2.07. The second-order valence-corrected chi connectivity index (χ2v) is 5.40. The Morgan fingerprint density at radius 2 is 2.24 bits per heavy atom. The number of rotatable bonds is 3. The first-order valence-electron chi connectivity index (χ1n) is 4.96. The van der Waals surface area contributed by atoms with E-state index in [2.05, 4.69) is 5.32 Å². The van der Waals surface area contributed by atoms with Crippen LogP contribution in [0.1, 0.15) is 6.42 Å². The van der Waals surface area contributed by atoms with Crippen LogP contribution in [0.5, 0.6) is 5.75 Å². The van der Waals surface area contributed by atoms with Gasteiger partial charge in [-0.3, -0.25) is 4.79 Å². The Kier molecular flexibility index (Phi) is 3.19. The standard InChI is InChI=1S/C11H10Cl2FNO2/c1-17-9-3-2-6(4-8(9)14)15-10(16)7-5-11(7,12)13/h2-4,7H,5H2,1H3,(H,15,16). The molecule has 1 saturated carbocycles. The lowest BCUT2D eigenvalue weighted by atomic mass is 10.2. The van der Waals surface area contributed by atoms with E-state index in [1.165, 1.54) is 19.2 Å². The van der Waals surface area contributed by atoms with Gasteiger partial charge < -0.3 is 10.1 Å². The Morgan fingerprint density at radius 3 is 2.71 bits per heavy atom. The van der Waals surface area contributed by atoms with Crippen LogP contribution in [0.3, 0.4) is 0 Å². The number of ether oxygens (including phenoxy) is 1. The zero-order valence-electron chi connectivity index (χ0n) is 8.97. The van der Waals surface area contributed by atoms with Crippen LogP contribution in [0, 0.1) is 11.7 Å². The maximum Gasteiger partial charge on any atom is 0.230 e. The Bertz CT molecular complexity index is 465. The van der Waals surface area contributed by atoms with Crippen LogP contribution in [0.2, 0.25) is 0 Å². The van der Waals surface area contributed by atoms with Gasteiger partial charge in [0.2, 0.25) is 5.91 Å². The van der Waals surface area contributed by atoms with Crippen molar-refractivity contribution in [1.29, 1.82) is 0 Å². The molecule has 0 aromatic heterocycles. The molecule has 0 aliphatic heterocycles. The average molecular weight is 278 g/mol. The van der Waals surface area contributed by atoms with Gasteiger partial charge in [0.05, 0.1) is 13.0 Å². The van der Waals surface area contributed by atoms with Crippen LogP contribution >= 0.6 is 23.2 Å². The molecule has 1 unspecified atom stereocenters. The van der Waals surface area contributed by atoms with Crippen molar-refractivity contribution >= 4 is 34.8 Å². The van der Waals surface area contributed by atoms with Crippen LogP contribution in [0.4, 0.5) is 10.1 Å². The fourth-order valence-corrected chi connectivity index (χ4v) is 1.98. The van der Waals surface area contributed by atoms with Gasteiger partial charge in [-0.15, -0.1) is 23.2 Å². The molecule has 1 atom stereocenters. The number of nitrogens with one attached hydrogen (secondary N) is 1. The van der Waals surface area contributed by atoms with Gasteiger partial charge in [0.1, 0.15) is 4.33 Å². The summed E-state index contributed by atoms with van der Waals surface area (Å²) >= 11 is 11.5. The van der Waals surface area contributed by atoms with Gasteiger partial charge in [-0.2, -0.15) is 0 Å². The highest BCUT2D eigenvalue weighted by molar-refractivity contribution is 6.52. The number of benzene rings is 1. The van der Waals surface area contributed by atoms with Gasteiger partial charge in [-0.05, 0) is 18.6 Å². The number of hydrogen-bond donors (Lipinski definition) is 1. The van der Waals surface area contributed by atoms with Crippen molar-refractivity contribution in [2.45, 2.75) is 10.8 Å². The molecular formula is C11H10Cl2FNO2. The second kappa shape index (κ2) is 4.35. The zero-order valence-corrected chi connectivity index (χ0v) is 10.5. The molecule has 2 rings (SSSR count). The summed E-state index contributed by atoms with van der Waals surface area (Å²) in [6, 6.07) is 4.17. The molecule has 92 valence electrons. The largest absolute Gasteiger partial charge is 0.494 e. The molecule has 1 aromatic carbocycles. The highest BCUT2D eigenvalue weighted by Gasteiger charge is 2.56. The third kappa shape index (κ3) is 2.64. The lowest BCUT2D eigenvalue weighted by molar-refractivity contribution is -0.117. The number of hydrogen-bond acceptors (Lipinski definition) is 2. The molecule has 1 aliphatic carbocycles. The molecule has 6 heteroatoms. The summed E-state index contributed by atoms with van der Waals surface area (Å²) in [5, 5.41) is 2.55. The van der Waals surface area contributed by atoms with Crippen molar-refractivity contribution < 1.29 is 13.9 Å². The molecule has 0 spiro atoms. The van der Waals surface area contributed by atoms with Crippen LogP contribution in [-0.4, -0.2) is 17.4 Å². The molecule has 0 bridgehead atoms. The number of methoxy groups -OCH3 is 1. The molecule has 0 saturated heterocycles. The number of anilines is 1. The van der Waals surface area contributed by atoms with E-state index in [0.29, 0.717) is 12.1 Å². The summed E-state index contributed by atoms with van der Waals surface area (Å²) in [4.78, 5) is 11.6. The van der Waals surface area contributed by atoms with Crippen molar-refractivity contribution in [2.24, 2.45) is 5.92 Å². The molecule has 0 radical (unpaired) electrons. The maximum atomic E-state index is 13.3. The minimum absolute atomic E-state index is 0.124. The van der Waals surface area contributed by atoms with Crippen molar-refractivity contribution in [3.63, 3.8) is 0 Å². The van der Waals surface area contributed by atoms with Gasteiger partial charge in [-0.25, -0.2) is 4.39 Å². The van der Waals surface area contributed by atoms with Crippen molar-refractivity contribution in [1.82, 2.24) is 0 Å². The quantitative estimate of drug-likeness (QED) is 0.863. The number of carbonyl (C=O) groups excluding carboxylic acids is 1. The average Bonchev–Trinajstić information content (AvgIpc) is 2.88. The van der Waals surface area contributed by atoms with E-state index in [9.17, 15) is 9.18 Å². The molecule has 3 nitrogen and oxygen atoms in total. The first-order valence-corrected chi connectivity index (χ1v) is 5.72. The zero-order chi connectivity index (χ0) is 12.6. The maximum absolute atomic E-state index is 13.3. The summed E-state index contributed by atoms with van der Waals surface area (Å²) < 4.78 is 17.1. The second-order valence-electron chi connectivity index (χ2n) is 3.86. The topological polar surface area (TPSA) is 38.3 Å². The summed E-state index contributed by atoms with van der Waals surface area (Å²) in [7, 11) is 1.37. The van der Waals surface area contributed by atoms with E-state index < -0.39 is 16.1 Å². The van der Waals surface area contributed by atoms with Crippen LogP contribution in [0.15, 0.2) is 18.2 Å². The van der Waals surface area contributed by atoms with Gasteiger partial charge >= 0.3 is 0 Å². The first kappa shape index (κ1) is 12.5. The van der Waals surface area contributed by atoms with Crippen LogP contribution in [-0.2, 0) is 4.79 Å². The summed E-state index contributed by atoms with van der Waals surface area (Å²) in [5.74, 6) is -1.15. The predicted molar refractivity (Wildman–Crippen MR) is 64.1 cm³/mol. The number of amides is 1. The van der Waals surface area contributed by atoms with E-state index in [1.54, 1.807) is 6.07 Å². The summed E-state index contributed by atoms with van der Waals surface area (Å²) in [6.45, 7) is 0. The van der Waals surface area contributed by atoms with Gasteiger partial charge in [-0.1, -0.05) is 0 Å². The van der Waals surface area contributed by atoms with Gasteiger partial charge in [0.15, 0.2) is 11.6 Å². The molecule has 1 N–H and O–H groups in total. The molecular weight excluding hydrogens is 268 g/mol. The third-order valence-corrected chi connectivity index (χ3v) is 3.40. The Morgan fingerprint density at radius 1 is 1.59 bits per heavy atom. The fourth-order valence-electron chi connectivity index (χ4n) is 1.47. The molecule has 1 amide bonds. The number of alkyl halides is 2. The monoisotopic (exact) mass is 277 g/mol. The molecule has 1 fully saturated rings. The van der Waals surface area contributed by atoms with Crippen molar-refractivity contribution in [2.75, 3.05) is 12.4 Å². The Balaban J connectivity index is 2.05. The minimum atomic E-state index is -0.977. The lowest BCUT2D eigenvalue weighted by Crippen LogP contribution is -2.16. The van der Waals surface area contributed by atoms with E-state index in [0.717, 1.165) is 0 Å².